The molecule has 1 saturated carbocycles. The van der Waals surface area contributed by atoms with Gasteiger partial charge in [0.1, 0.15) is 11.9 Å². The number of aromatic nitrogens is 1. The van der Waals surface area contributed by atoms with Crippen LogP contribution in [0.5, 0.6) is 5.75 Å². The molecule has 0 bridgehead atoms. The highest BCUT2D eigenvalue weighted by molar-refractivity contribution is 7.17. The largest absolute Gasteiger partial charge is 0.510 e. The maximum atomic E-state index is 12.6. The van der Waals surface area contributed by atoms with Gasteiger partial charge in [0.25, 0.3) is 5.56 Å². The predicted molar refractivity (Wildman–Crippen MR) is 168 cm³/mol. The van der Waals surface area contributed by atoms with E-state index in [2.05, 4.69) is 39.4 Å². The second kappa shape index (κ2) is 13.6. The topological polar surface area (TPSA) is 73.2 Å². The molecule has 0 atom stereocenters. The Balaban J connectivity index is 0.956. The molecule has 0 unspecified atom stereocenters. The number of hydrogen-bond acceptors (Lipinski definition) is 8. The van der Waals surface area contributed by atoms with E-state index in [0.29, 0.717) is 17.9 Å². The molecule has 42 heavy (non-hydrogen) atoms. The molecule has 2 fully saturated rings. The van der Waals surface area contributed by atoms with Crippen molar-refractivity contribution in [1.82, 2.24) is 9.47 Å². The molecule has 3 heterocycles. The second-order valence-corrected chi connectivity index (χ2v) is 12.2. The summed E-state index contributed by atoms with van der Waals surface area (Å²) >= 11 is 1.80. The maximum absolute atomic E-state index is 12.6. The Labute approximate surface area is 250 Å². The summed E-state index contributed by atoms with van der Waals surface area (Å²) in [5, 5.41) is 4.42. The lowest BCUT2D eigenvalue weighted by molar-refractivity contribution is -0.00341. The van der Waals surface area contributed by atoms with Crippen molar-refractivity contribution >= 4 is 44.2 Å². The summed E-state index contributed by atoms with van der Waals surface area (Å²) < 4.78 is 19.6. The average molecular weight is 590 g/mol. The monoisotopic (exact) mass is 589 g/mol. The van der Waals surface area contributed by atoms with Crippen molar-refractivity contribution in [2.45, 2.75) is 57.8 Å². The van der Waals surface area contributed by atoms with E-state index in [1.54, 1.807) is 17.4 Å². The molecule has 0 N–H and O–H groups in total. The number of piperazine rings is 1. The molecule has 1 aliphatic carbocycles. The smallest absolute Gasteiger partial charge is 0.494 e. The number of nitrogens with zero attached hydrogens (tertiary/aromatic N) is 3. The summed E-state index contributed by atoms with van der Waals surface area (Å²) in [6, 6.07) is 17.8. The molecule has 1 saturated heterocycles. The van der Waals surface area contributed by atoms with Crippen LogP contribution in [0.15, 0.2) is 64.8 Å². The number of carbonyl (C=O) groups excluding carboxylic acids is 1. The Morgan fingerprint density at radius 2 is 1.76 bits per heavy atom. The molecule has 2 aromatic heterocycles. The van der Waals surface area contributed by atoms with Gasteiger partial charge in [0, 0.05) is 54.1 Å². The lowest BCUT2D eigenvalue weighted by Gasteiger charge is -2.36. The molecule has 8 nitrogen and oxygen atoms in total. The highest BCUT2D eigenvalue weighted by Crippen LogP contribution is 2.31. The molecule has 0 spiro atoms. The molecule has 1 aliphatic heterocycles. The molecule has 0 radical (unpaired) electrons. The first kappa shape index (κ1) is 28.6. The fraction of sp³-hybridized carbons (Fsp3) is 0.455. The first-order valence-electron chi connectivity index (χ1n) is 15.2. The standard InChI is InChI=1S/C33H39N3O5S/c37-32-14-12-25-11-13-27(23-30(25)36(32)24-40-33(38)41-26-7-2-1-3-8-26)39-21-5-4-16-34-17-19-35(20-18-34)29-9-6-10-31-28(29)15-22-42-31/h6,9-15,22-23,26H,1-5,7-8,16-21,24H2. The SMILES string of the molecule is O=C(OCn1c(=O)ccc2ccc(OCCCCN3CCN(c4cccc5sccc45)CC3)cc21)OC1CCCCC1. The lowest BCUT2D eigenvalue weighted by atomic mass is 9.98. The van der Waals surface area contributed by atoms with Crippen molar-refractivity contribution in [2.24, 2.45) is 0 Å². The van der Waals surface area contributed by atoms with Gasteiger partial charge >= 0.3 is 6.16 Å². The summed E-state index contributed by atoms with van der Waals surface area (Å²) in [7, 11) is 0. The summed E-state index contributed by atoms with van der Waals surface area (Å²) in [6.07, 6.45) is 6.24. The fourth-order valence-electron chi connectivity index (χ4n) is 6.05. The number of ether oxygens (including phenoxy) is 3. The number of anilines is 1. The van der Waals surface area contributed by atoms with Gasteiger partial charge in [-0.15, -0.1) is 11.3 Å². The van der Waals surface area contributed by atoms with Gasteiger partial charge in [-0.1, -0.05) is 12.5 Å². The van der Waals surface area contributed by atoms with Crippen LogP contribution in [0.1, 0.15) is 44.9 Å². The van der Waals surface area contributed by atoms with Gasteiger partial charge in [-0.2, -0.15) is 0 Å². The number of unbranched alkanes of at least 4 members (excludes halogenated alkanes) is 1. The number of thiophene rings is 1. The highest BCUT2D eigenvalue weighted by Gasteiger charge is 2.20. The third kappa shape index (κ3) is 6.90. The molecular formula is C33H39N3O5S. The third-order valence-corrected chi connectivity index (χ3v) is 9.30. The van der Waals surface area contributed by atoms with Gasteiger partial charge in [-0.25, -0.2) is 4.79 Å². The number of rotatable bonds is 10. The van der Waals surface area contributed by atoms with E-state index in [0.717, 1.165) is 76.6 Å². The molecule has 222 valence electrons. The Hall–Kier alpha value is -3.56. The zero-order valence-corrected chi connectivity index (χ0v) is 24.9. The molecular weight excluding hydrogens is 550 g/mol. The Kier molecular flexibility index (Phi) is 9.25. The minimum atomic E-state index is -0.723. The second-order valence-electron chi connectivity index (χ2n) is 11.2. The van der Waals surface area contributed by atoms with Crippen molar-refractivity contribution in [2.75, 3.05) is 44.2 Å². The van der Waals surface area contributed by atoms with Crippen LogP contribution in [-0.4, -0.2) is 61.1 Å². The highest BCUT2D eigenvalue weighted by atomic mass is 32.1. The zero-order valence-electron chi connectivity index (χ0n) is 24.0. The summed E-state index contributed by atoms with van der Waals surface area (Å²) in [5.74, 6) is 0.697. The molecule has 0 amide bonds. The molecule has 2 aromatic carbocycles. The lowest BCUT2D eigenvalue weighted by Crippen LogP contribution is -2.46. The minimum absolute atomic E-state index is 0.0909. The van der Waals surface area contributed by atoms with E-state index >= 15 is 0 Å². The molecule has 6 rings (SSSR count). The van der Waals surface area contributed by atoms with Gasteiger partial charge in [0.05, 0.1) is 12.1 Å². The normalized spacial score (nSPS) is 16.6. The number of benzene rings is 2. The van der Waals surface area contributed by atoms with Crippen LogP contribution in [0.2, 0.25) is 0 Å². The molecule has 4 aromatic rings. The van der Waals surface area contributed by atoms with Crippen LogP contribution in [0.3, 0.4) is 0 Å². The maximum Gasteiger partial charge on any atom is 0.510 e. The predicted octanol–water partition coefficient (Wildman–Crippen LogP) is 6.64. The van der Waals surface area contributed by atoms with Crippen LogP contribution >= 0.6 is 11.3 Å². The Morgan fingerprint density at radius 3 is 2.62 bits per heavy atom. The summed E-state index contributed by atoms with van der Waals surface area (Å²) in [5.41, 5.74) is 1.78. The quantitative estimate of drug-likeness (QED) is 0.152. The van der Waals surface area contributed by atoms with E-state index in [4.69, 9.17) is 14.2 Å². The third-order valence-electron chi connectivity index (χ3n) is 8.41. The first-order valence-corrected chi connectivity index (χ1v) is 16.1. The first-order chi connectivity index (χ1) is 20.6. The van der Waals surface area contributed by atoms with Crippen molar-refractivity contribution in [3.63, 3.8) is 0 Å². The van der Waals surface area contributed by atoms with Crippen molar-refractivity contribution < 1.29 is 19.0 Å². The van der Waals surface area contributed by atoms with Crippen LogP contribution in [0, 0.1) is 0 Å². The number of fused-ring (bicyclic) bond motifs is 2. The van der Waals surface area contributed by atoms with Crippen LogP contribution in [-0.2, 0) is 16.2 Å². The summed E-state index contributed by atoms with van der Waals surface area (Å²) in [4.78, 5) is 29.9. The van der Waals surface area contributed by atoms with E-state index in [9.17, 15) is 9.59 Å². The van der Waals surface area contributed by atoms with Crippen LogP contribution in [0.4, 0.5) is 10.5 Å². The number of pyridine rings is 1. The van der Waals surface area contributed by atoms with Gasteiger partial charge in [-0.3, -0.25) is 14.3 Å². The average Bonchev–Trinajstić information content (AvgIpc) is 3.51. The van der Waals surface area contributed by atoms with E-state index in [1.165, 1.54) is 32.8 Å². The van der Waals surface area contributed by atoms with Crippen molar-refractivity contribution in [3.8, 4) is 5.75 Å². The number of hydrogen-bond donors (Lipinski definition) is 0. The molecule has 2 aliphatic rings. The van der Waals surface area contributed by atoms with Gasteiger partial charge in [0.15, 0.2) is 6.73 Å². The van der Waals surface area contributed by atoms with Gasteiger partial charge in [0.2, 0.25) is 0 Å². The van der Waals surface area contributed by atoms with E-state index in [-0.39, 0.29) is 18.4 Å². The van der Waals surface area contributed by atoms with Crippen LogP contribution in [0.25, 0.3) is 21.0 Å². The van der Waals surface area contributed by atoms with Gasteiger partial charge < -0.3 is 19.1 Å². The van der Waals surface area contributed by atoms with Crippen molar-refractivity contribution in [1.29, 1.82) is 0 Å². The van der Waals surface area contributed by atoms with E-state index in [1.807, 2.05) is 18.2 Å². The van der Waals surface area contributed by atoms with Crippen LogP contribution < -0.4 is 15.2 Å². The molecule has 9 heteroatoms. The Morgan fingerprint density at radius 1 is 0.929 bits per heavy atom. The zero-order chi connectivity index (χ0) is 28.7. The summed E-state index contributed by atoms with van der Waals surface area (Å²) in [6.45, 7) is 5.71. The van der Waals surface area contributed by atoms with Crippen molar-refractivity contribution in [3.05, 3.63) is 70.3 Å². The van der Waals surface area contributed by atoms with E-state index < -0.39 is 6.16 Å². The minimum Gasteiger partial charge on any atom is -0.494 e. The fourth-order valence-corrected chi connectivity index (χ4v) is 6.86. The Bertz CT molecular complexity index is 1550. The number of carbonyl (C=O) groups is 1. The van der Waals surface area contributed by atoms with Gasteiger partial charge in [-0.05, 0) is 92.2 Å².